The molecular formula is C24H20F2O4. The lowest BCUT2D eigenvalue weighted by Gasteiger charge is -2.12. The number of benzene rings is 3. The van der Waals surface area contributed by atoms with Gasteiger partial charge >= 0.3 is 0 Å². The molecule has 3 rings (SSSR count). The second-order valence-corrected chi connectivity index (χ2v) is 6.33. The molecule has 0 aliphatic heterocycles. The van der Waals surface area contributed by atoms with Crippen molar-refractivity contribution >= 4 is 11.9 Å². The fourth-order valence-corrected chi connectivity index (χ4v) is 2.87. The van der Waals surface area contributed by atoms with E-state index in [9.17, 15) is 13.6 Å². The average Bonchev–Trinajstić information content (AvgIpc) is 2.76. The molecule has 0 aliphatic carbocycles. The summed E-state index contributed by atoms with van der Waals surface area (Å²) in [6, 6.07) is 15.4. The van der Waals surface area contributed by atoms with Crippen molar-refractivity contribution in [1.29, 1.82) is 0 Å². The minimum absolute atomic E-state index is 0.00780. The van der Waals surface area contributed by atoms with Crippen LogP contribution in [0.2, 0.25) is 0 Å². The standard InChI is InChI=1S/C24H20F2O4/c1-28-22-11-8-16(7-10-21(27)19-5-3-4-6-23(19)29-2)13-17(22)15-30-24-12-9-18(25)14-20(24)26/h3-14H,15H2,1-2H3/b10-7+. The number of halogens is 2. The van der Waals surface area contributed by atoms with Gasteiger partial charge in [0.2, 0.25) is 0 Å². The first-order valence-electron chi connectivity index (χ1n) is 9.12. The third-order valence-electron chi connectivity index (χ3n) is 4.38. The van der Waals surface area contributed by atoms with Crippen LogP contribution in [-0.2, 0) is 6.61 Å². The van der Waals surface area contributed by atoms with E-state index in [0.717, 1.165) is 17.7 Å². The molecule has 0 aromatic heterocycles. The van der Waals surface area contributed by atoms with Gasteiger partial charge in [0.1, 0.15) is 23.9 Å². The Kier molecular flexibility index (Phi) is 6.80. The van der Waals surface area contributed by atoms with Crippen molar-refractivity contribution in [3.8, 4) is 17.2 Å². The summed E-state index contributed by atoms with van der Waals surface area (Å²) in [6.07, 6.45) is 3.11. The Morgan fingerprint density at radius 1 is 0.900 bits per heavy atom. The molecule has 30 heavy (non-hydrogen) atoms. The fourth-order valence-electron chi connectivity index (χ4n) is 2.87. The molecule has 0 amide bonds. The average molecular weight is 410 g/mol. The number of carbonyl (C=O) groups is 1. The van der Waals surface area contributed by atoms with Gasteiger partial charge in [0.05, 0.1) is 19.8 Å². The van der Waals surface area contributed by atoms with Gasteiger partial charge in [0, 0.05) is 11.6 Å². The summed E-state index contributed by atoms with van der Waals surface area (Å²) in [5, 5.41) is 0. The maximum atomic E-state index is 13.8. The number of allylic oxidation sites excluding steroid dienone is 1. The van der Waals surface area contributed by atoms with Crippen molar-refractivity contribution in [3.05, 3.63) is 95.1 Å². The monoisotopic (exact) mass is 410 g/mol. The van der Waals surface area contributed by atoms with Crippen LogP contribution in [0, 0.1) is 11.6 Å². The van der Waals surface area contributed by atoms with Gasteiger partial charge in [-0.2, -0.15) is 0 Å². The Bertz CT molecular complexity index is 1080. The number of methoxy groups -OCH3 is 2. The van der Waals surface area contributed by atoms with Gasteiger partial charge in [-0.15, -0.1) is 0 Å². The zero-order valence-electron chi connectivity index (χ0n) is 16.5. The van der Waals surface area contributed by atoms with E-state index >= 15 is 0 Å². The summed E-state index contributed by atoms with van der Waals surface area (Å²) < 4.78 is 42.8. The van der Waals surface area contributed by atoms with Gasteiger partial charge in [-0.25, -0.2) is 8.78 Å². The van der Waals surface area contributed by atoms with Crippen LogP contribution in [0.25, 0.3) is 6.08 Å². The molecule has 0 saturated heterocycles. The van der Waals surface area contributed by atoms with E-state index in [0.29, 0.717) is 22.6 Å². The zero-order valence-corrected chi connectivity index (χ0v) is 16.5. The van der Waals surface area contributed by atoms with Crippen molar-refractivity contribution in [1.82, 2.24) is 0 Å². The van der Waals surface area contributed by atoms with Crippen LogP contribution in [-0.4, -0.2) is 20.0 Å². The van der Waals surface area contributed by atoms with Crippen LogP contribution < -0.4 is 14.2 Å². The van der Waals surface area contributed by atoms with Gasteiger partial charge < -0.3 is 14.2 Å². The predicted molar refractivity (Wildman–Crippen MR) is 110 cm³/mol. The van der Waals surface area contributed by atoms with Crippen molar-refractivity contribution in [2.75, 3.05) is 14.2 Å². The molecule has 0 aliphatic rings. The Morgan fingerprint density at radius 3 is 2.37 bits per heavy atom. The van der Waals surface area contributed by atoms with Gasteiger partial charge in [-0.3, -0.25) is 4.79 Å². The first kappa shape index (κ1) is 21.0. The number of hydrogen-bond donors (Lipinski definition) is 0. The minimum Gasteiger partial charge on any atom is -0.496 e. The molecule has 0 saturated carbocycles. The molecular weight excluding hydrogens is 390 g/mol. The Morgan fingerprint density at radius 2 is 1.63 bits per heavy atom. The van der Waals surface area contributed by atoms with Crippen LogP contribution >= 0.6 is 0 Å². The number of para-hydroxylation sites is 1. The lowest BCUT2D eigenvalue weighted by atomic mass is 10.1. The second-order valence-electron chi connectivity index (χ2n) is 6.33. The lowest BCUT2D eigenvalue weighted by molar-refractivity contribution is 0.104. The van der Waals surface area contributed by atoms with E-state index in [2.05, 4.69) is 0 Å². The number of ketones is 1. The molecule has 0 unspecified atom stereocenters. The van der Waals surface area contributed by atoms with E-state index in [4.69, 9.17) is 14.2 Å². The van der Waals surface area contributed by atoms with Crippen LogP contribution in [0.4, 0.5) is 8.78 Å². The van der Waals surface area contributed by atoms with E-state index in [1.54, 1.807) is 48.5 Å². The predicted octanol–water partition coefficient (Wildman–Crippen LogP) is 5.46. The highest BCUT2D eigenvalue weighted by atomic mass is 19.1. The smallest absolute Gasteiger partial charge is 0.189 e. The second kappa shape index (κ2) is 9.69. The van der Waals surface area contributed by atoms with Crippen LogP contribution in [0.15, 0.2) is 66.7 Å². The Balaban J connectivity index is 1.78. The summed E-state index contributed by atoms with van der Waals surface area (Å²) >= 11 is 0. The zero-order chi connectivity index (χ0) is 21.5. The van der Waals surface area contributed by atoms with Crippen molar-refractivity contribution in [2.24, 2.45) is 0 Å². The first-order chi connectivity index (χ1) is 14.5. The molecule has 0 bridgehead atoms. The summed E-state index contributed by atoms with van der Waals surface area (Å²) in [5.41, 5.74) is 1.84. The van der Waals surface area contributed by atoms with Gasteiger partial charge in [-0.1, -0.05) is 24.3 Å². The molecule has 0 heterocycles. The molecule has 0 N–H and O–H groups in total. The maximum Gasteiger partial charge on any atom is 0.189 e. The van der Waals surface area contributed by atoms with Crippen LogP contribution in [0.3, 0.4) is 0 Å². The van der Waals surface area contributed by atoms with Gasteiger partial charge in [-0.05, 0) is 48.0 Å². The van der Waals surface area contributed by atoms with E-state index in [1.165, 1.54) is 26.4 Å². The molecule has 0 fully saturated rings. The molecule has 3 aromatic rings. The van der Waals surface area contributed by atoms with Crippen molar-refractivity contribution in [3.63, 3.8) is 0 Å². The number of ether oxygens (including phenoxy) is 3. The normalized spacial score (nSPS) is 10.8. The Labute approximate surface area is 173 Å². The number of hydrogen-bond acceptors (Lipinski definition) is 4. The summed E-state index contributed by atoms with van der Waals surface area (Å²) in [4.78, 5) is 12.5. The first-order valence-corrected chi connectivity index (χ1v) is 9.12. The summed E-state index contributed by atoms with van der Waals surface area (Å²) in [5.74, 6) is -0.681. The third kappa shape index (κ3) is 5.03. The van der Waals surface area contributed by atoms with E-state index < -0.39 is 11.6 Å². The highest BCUT2D eigenvalue weighted by Crippen LogP contribution is 2.25. The molecule has 4 nitrogen and oxygen atoms in total. The lowest BCUT2D eigenvalue weighted by Crippen LogP contribution is -2.01. The highest BCUT2D eigenvalue weighted by Gasteiger charge is 2.10. The molecule has 6 heteroatoms. The Hall–Kier alpha value is -3.67. The fraction of sp³-hybridized carbons (Fsp3) is 0.125. The van der Waals surface area contributed by atoms with Crippen molar-refractivity contribution in [2.45, 2.75) is 6.61 Å². The molecule has 154 valence electrons. The number of carbonyl (C=O) groups excluding carboxylic acids is 1. The van der Waals surface area contributed by atoms with Crippen LogP contribution in [0.5, 0.6) is 17.2 Å². The quantitative estimate of drug-likeness (QED) is 0.366. The third-order valence-corrected chi connectivity index (χ3v) is 4.38. The van der Waals surface area contributed by atoms with Gasteiger partial charge in [0.15, 0.2) is 17.3 Å². The van der Waals surface area contributed by atoms with E-state index in [1.807, 2.05) is 0 Å². The SMILES string of the molecule is COc1ccc(/C=C/C(=O)c2ccccc2OC)cc1COc1ccc(F)cc1F. The number of rotatable bonds is 8. The molecule has 3 aromatic carbocycles. The van der Waals surface area contributed by atoms with Crippen LogP contribution in [0.1, 0.15) is 21.5 Å². The van der Waals surface area contributed by atoms with Gasteiger partial charge in [0.25, 0.3) is 0 Å². The minimum atomic E-state index is -0.785. The summed E-state index contributed by atoms with van der Waals surface area (Å²) in [7, 11) is 3.02. The maximum absolute atomic E-state index is 13.8. The summed E-state index contributed by atoms with van der Waals surface area (Å²) in [6.45, 7) is 0.00780. The van der Waals surface area contributed by atoms with E-state index in [-0.39, 0.29) is 18.1 Å². The molecule has 0 spiro atoms. The molecule has 0 radical (unpaired) electrons. The van der Waals surface area contributed by atoms with Crippen molar-refractivity contribution < 1.29 is 27.8 Å². The highest BCUT2D eigenvalue weighted by molar-refractivity contribution is 6.08. The molecule has 0 atom stereocenters. The topological polar surface area (TPSA) is 44.8 Å². The largest absolute Gasteiger partial charge is 0.496 e.